The number of nitrogen functional groups attached to an aromatic ring is 1. The van der Waals surface area contributed by atoms with Crippen LogP contribution in [0.2, 0.25) is 0 Å². The van der Waals surface area contributed by atoms with Gasteiger partial charge in [0.25, 0.3) is 0 Å². The standard InChI is InChI=1S/C14H20N4O2/c1-2-9-5-11-12(6-9)14(20)18(13(11)19)4-3-17-8-10(15)7-16-17/h7-9,11-12H,2-6,15H2,1H3. The molecule has 2 N–H and O–H groups in total. The molecule has 6 nitrogen and oxygen atoms in total. The van der Waals surface area contributed by atoms with Gasteiger partial charge in [-0.25, -0.2) is 0 Å². The molecule has 1 aliphatic heterocycles. The van der Waals surface area contributed by atoms with E-state index in [1.165, 1.54) is 4.90 Å². The average molecular weight is 276 g/mol. The van der Waals surface area contributed by atoms with Crippen LogP contribution < -0.4 is 5.73 Å². The Morgan fingerprint density at radius 1 is 1.25 bits per heavy atom. The van der Waals surface area contributed by atoms with Crippen LogP contribution in [0.1, 0.15) is 26.2 Å². The van der Waals surface area contributed by atoms with Gasteiger partial charge in [-0.1, -0.05) is 13.3 Å². The first-order chi connectivity index (χ1) is 9.60. The SMILES string of the molecule is CCC1CC2C(=O)N(CCn3cc(N)cn3)C(=O)C2C1. The second-order valence-corrected chi connectivity index (χ2v) is 5.82. The fourth-order valence-corrected chi connectivity index (χ4v) is 3.46. The highest BCUT2D eigenvalue weighted by atomic mass is 16.2. The van der Waals surface area contributed by atoms with E-state index >= 15 is 0 Å². The molecule has 1 aromatic rings. The van der Waals surface area contributed by atoms with Crippen LogP contribution in [-0.4, -0.2) is 33.0 Å². The summed E-state index contributed by atoms with van der Waals surface area (Å²) in [7, 11) is 0. The van der Waals surface area contributed by atoms with Gasteiger partial charge in [0.05, 0.1) is 30.3 Å². The van der Waals surface area contributed by atoms with Crippen LogP contribution >= 0.6 is 0 Å². The summed E-state index contributed by atoms with van der Waals surface area (Å²) in [6.45, 7) is 3.02. The summed E-state index contributed by atoms with van der Waals surface area (Å²) in [4.78, 5) is 26.1. The van der Waals surface area contributed by atoms with E-state index in [0.29, 0.717) is 24.7 Å². The maximum atomic E-state index is 12.3. The molecule has 2 aliphatic rings. The van der Waals surface area contributed by atoms with Gasteiger partial charge >= 0.3 is 0 Å². The molecular weight excluding hydrogens is 256 g/mol. The van der Waals surface area contributed by atoms with E-state index in [4.69, 9.17) is 5.73 Å². The van der Waals surface area contributed by atoms with E-state index in [-0.39, 0.29) is 23.7 Å². The molecular formula is C14H20N4O2. The lowest BCUT2D eigenvalue weighted by Gasteiger charge is -2.17. The van der Waals surface area contributed by atoms with Crippen molar-refractivity contribution < 1.29 is 9.59 Å². The Morgan fingerprint density at radius 3 is 2.40 bits per heavy atom. The highest BCUT2D eigenvalue weighted by Gasteiger charge is 2.51. The molecule has 2 unspecified atom stereocenters. The predicted molar refractivity (Wildman–Crippen MR) is 73.4 cm³/mol. The van der Waals surface area contributed by atoms with Crippen molar-refractivity contribution in [3.8, 4) is 0 Å². The predicted octanol–water partition coefficient (Wildman–Crippen LogP) is 0.886. The molecule has 108 valence electrons. The topological polar surface area (TPSA) is 81.2 Å². The summed E-state index contributed by atoms with van der Waals surface area (Å²) in [5.74, 6) is 0.406. The van der Waals surface area contributed by atoms with Gasteiger partial charge in [-0.15, -0.1) is 0 Å². The van der Waals surface area contributed by atoms with Gasteiger partial charge in [0, 0.05) is 12.7 Å². The van der Waals surface area contributed by atoms with E-state index in [0.717, 1.165) is 19.3 Å². The number of carbonyl (C=O) groups excluding carboxylic acids is 2. The van der Waals surface area contributed by atoms with E-state index in [1.54, 1.807) is 17.1 Å². The molecule has 0 radical (unpaired) electrons. The molecule has 2 fully saturated rings. The normalized spacial score (nSPS) is 29.2. The van der Waals surface area contributed by atoms with Gasteiger partial charge < -0.3 is 5.73 Å². The van der Waals surface area contributed by atoms with Crippen molar-refractivity contribution in [1.82, 2.24) is 14.7 Å². The second kappa shape index (κ2) is 4.92. The Hall–Kier alpha value is -1.85. The van der Waals surface area contributed by atoms with Crippen molar-refractivity contribution in [3.05, 3.63) is 12.4 Å². The Labute approximate surface area is 117 Å². The molecule has 0 spiro atoms. The molecule has 0 aromatic carbocycles. The number of rotatable bonds is 4. The lowest BCUT2D eigenvalue weighted by atomic mass is 10.00. The fourth-order valence-electron chi connectivity index (χ4n) is 3.46. The number of hydrogen-bond donors (Lipinski definition) is 1. The van der Waals surface area contributed by atoms with Crippen LogP contribution in [0.3, 0.4) is 0 Å². The van der Waals surface area contributed by atoms with Gasteiger partial charge in [0.1, 0.15) is 0 Å². The van der Waals surface area contributed by atoms with E-state index in [1.807, 2.05) is 0 Å². The maximum absolute atomic E-state index is 12.3. The van der Waals surface area contributed by atoms with Crippen LogP contribution in [0.25, 0.3) is 0 Å². The summed E-state index contributed by atoms with van der Waals surface area (Å²) in [5.41, 5.74) is 6.18. The molecule has 2 atom stereocenters. The van der Waals surface area contributed by atoms with Gasteiger partial charge in [-0.3, -0.25) is 19.2 Å². The zero-order valence-corrected chi connectivity index (χ0v) is 11.7. The Bertz CT molecular complexity index is 515. The van der Waals surface area contributed by atoms with Crippen molar-refractivity contribution in [2.45, 2.75) is 32.7 Å². The van der Waals surface area contributed by atoms with Crippen molar-refractivity contribution >= 4 is 17.5 Å². The minimum absolute atomic E-state index is 0.0103. The van der Waals surface area contributed by atoms with Gasteiger partial charge in [0.2, 0.25) is 11.8 Å². The number of hydrogen-bond acceptors (Lipinski definition) is 4. The second-order valence-electron chi connectivity index (χ2n) is 5.82. The first kappa shape index (κ1) is 13.1. The number of imide groups is 1. The molecule has 6 heteroatoms. The average Bonchev–Trinajstić information content (AvgIpc) is 3.08. The molecule has 20 heavy (non-hydrogen) atoms. The van der Waals surface area contributed by atoms with Gasteiger partial charge in [0.15, 0.2) is 0 Å². The summed E-state index contributed by atoms with van der Waals surface area (Å²) in [6.07, 6.45) is 6.07. The molecule has 3 rings (SSSR count). The third-order valence-electron chi connectivity index (χ3n) is 4.61. The number of fused-ring (bicyclic) bond motifs is 1. The van der Waals surface area contributed by atoms with Crippen LogP contribution in [0.5, 0.6) is 0 Å². The Balaban J connectivity index is 1.64. The summed E-state index contributed by atoms with van der Waals surface area (Å²) in [5, 5.41) is 4.07. The highest BCUT2D eigenvalue weighted by molar-refractivity contribution is 6.05. The molecule has 2 amide bonds. The number of nitrogens with two attached hydrogens (primary N) is 1. The van der Waals surface area contributed by atoms with Gasteiger partial charge in [-0.2, -0.15) is 5.10 Å². The zero-order valence-electron chi connectivity index (χ0n) is 11.7. The fraction of sp³-hybridized carbons (Fsp3) is 0.643. The van der Waals surface area contributed by atoms with Crippen LogP contribution in [0, 0.1) is 17.8 Å². The van der Waals surface area contributed by atoms with Crippen molar-refractivity contribution in [2.75, 3.05) is 12.3 Å². The summed E-state index contributed by atoms with van der Waals surface area (Å²) in [6, 6.07) is 0. The number of amides is 2. The molecule has 2 heterocycles. The van der Waals surface area contributed by atoms with Crippen molar-refractivity contribution in [2.24, 2.45) is 17.8 Å². The Kier molecular flexibility index (Phi) is 3.23. The largest absolute Gasteiger partial charge is 0.396 e. The molecule has 0 bridgehead atoms. The quantitative estimate of drug-likeness (QED) is 0.828. The van der Waals surface area contributed by atoms with Crippen molar-refractivity contribution in [1.29, 1.82) is 0 Å². The van der Waals surface area contributed by atoms with Crippen molar-refractivity contribution in [3.63, 3.8) is 0 Å². The van der Waals surface area contributed by atoms with E-state index in [9.17, 15) is 9.59 Å². The first-order valence-electron chi connectivity index (χ1n) is 7.23. The lowest BCUT2D eigenvalue weighted by Crippen LogP contribution is -2.35. The maximum Gasteiger partial charge on any atom is 0.233 e. The summed E-state index contributed by atoms with van der Waals surface area (Å²) >= 11 is 0. The van der Waals surface area contributed by atoms with Crippen LogP contribution in [0.4, 0.5) is 5.69 Å². The van der Waals surface area contributed by atoms with Crippen LogP contribution in [0.15, 0.2) is 12.4 Å². The minimum Gasteiger partial charge on any atom is -0.396 e. The smallest absolute Gasteiger partial charge is 0.233 e. The zero-order chi connectivity index (χ0) is 14.3. The molecule has 1 saturated heterocycles. The number of aromatic nitrogens is 2. The number of anilines is 1. The van der Waals surface area contributed by atoms with Gasteiger partial charge in [-0.05, 0) is 18.8 Å². The molecule has 1 aliphatic carbocycles. The highest BCUT2D eigenvalue weighted by Crippen LogP contribution is 2.44. The third-order valence-corrected chi connectivity index (χ3v) is 4.61. The van der Waals surface area contributed by atoms with Crippen LogP contribution in [-0.2, 0) is 16.1 Å². The first-order valence-corrected chi connectivity index (χ1v) is 7.23. The number of carbonyl (C=O) groups is 2. The summed E-state index contributed by atoms with van der Waals surface area (Å²) < 4.78 is 1.67. The minimum atomic E-state index is -0.0739. The monoisotopic (exact) mass is 276 g/mol. The Morgan fingerprint density at radius 2 is 1.90 bits per heavy atom. The number of likely N-dealkylation sites (tertiary alicyclic amines) is 1. The molecule has 1 aromatic heterocycles. The number of nitrogens with zero attached hydrogens (tertiary/aromatic N) is 3. The van der Waals surface area contributed by atoms with E-state index in [2.05, 4.69) is 12.0 Å². The molecule has 1 saturated carbocycles. The lowest BCUT2D eigenvalue weighted by molar-refractivity contribution is -0.140. The third kappa shape index (κ3) is 2.09. The van der Waals surface area contributed by atoms with E-state index < -0.39 is 0 Å².